The fraction of sp³-hybridized carbons (Fsp3) is 0.375. The smallest absolute Gasteiger partial charge is 0.193 e. The third kappa shape index (κ3) is 3.56. The predicted octanol–water partition coefficient (Wildman–Crippen LogP) is 4.42. The molecule has 1 heterocycles. The molecular formula is C16H20ClNO2. The van der Waals surface area contributed by atoms with Gasteiger partial charge in [0, 0.05) is 5.56 Å². The van der Waals surface area contributed by atoms with E-state index >= 15 is 0 Å². The van der Waals surface area contributed by atoms with Gasteiger partial charge >= 0.3 is 0 Å². The molecule has 1 aromatic carbocycles. The van der Waals surface area contributed by atoms with E-state index in [0.717, 1.165) is 30.0 Å². The zero-order valence-electron chi connectivity index (χ0n) is 11.9. The maximum Gasteiger partial charge on any atom is 0.193 e. The Balaban J connectivity index is 2.33. The van der Waals surface area contributed by atoms with Gasteiger partial charge in [0.05, 0.1) is 12.6 Å². The lowest BCUT2D eigenvalue weighted by molar-refractivity contribution is 0.309. The monoisotopic (exact) mass is 293 g/mol. The number of nitrogens with one attached hydrogen (secondary N) is 1. The van der Waals surface area contributed by atoms with Crippen LogP contribution in [0.2, 0.25) is 5.22 Å². The highest BCUT2D eigenvalue weighted by molar-refractivity contribution is 6.28. The van der Waals surface area contributed by atoms with E-state index in [2.05, 4.69) is 25.2 Å². The number of hydrogen-bond acceptors (Lipinski definition) is 3. The molecule has 0 aliphatic heterocycles. The zero-order valence-corrected chi connectivity index (χ0v) is 12.6. The number of hydrogen-bond donors (Lipinski definition) is 1. The molecule has 0 radical (unpaired) electrons. The summed E-state index contributed by atoms with van der Waals surface area (Å²) in [6.07, 6.45) is 0.979. The van der Waals surface area contributed by atoms with Gasteiger partial charge in [0.15, 0.2) is 5.22 Å². The molecule has 20 heavy (non-hydrogen) atoms. The number of para-hydroxylation sites is 1. The van der Waals surface area contributed by atoms with Gasteiger partial charge < -0.3 is 14.5 Å². The number of benzene rings is 1. The van der Waals surface area contributed by atoms with Gasteiger partial charge in [0.25, 0.3) is 0 Å². The lowest BCUT2D eigenvalue weighted by Gasteiger charge is -2.19. The molecular weight excluding hydrogens is 274 g/mol. The van der Waals surface area contributed by atoms with Gasteiger partial charge in [-0.3, -0.25) is 0 Å². The zero-order chi connectivity index (χ0) is 14.4. The summed E-state index contributed by atoms with van der Waals surface area (Å²) in [4.78, 5) is 0. The molecule has 3 nitrogen and oxygen atoms in total. The molecule has 4 heteroatoms. The van der Waals surface area contributed by atoms with Crippen LogP contribution in [-0.2, 0) is 0 Å². The average Bonchev–Trinajstić information content (AvgIpc) is 2.89. The highest BCUT2D eigenvalue weighted by Gasteiger charge is 2.20. The molecule has 2 aromatic rings. The van der Waals surface area contributed by atoms with Crippen molar-refractivity contribution in [2.75, 3.05) is 13.2 Å². The van der Waals surface area contributed by atoms with E-state index in [1.165, 1.54) is 0 Å². The normalized spacial score (nSPS) is 12.3. The average molecular weight is 294 g/mol. The Morgan fingerprint density at radius 1 is 1.20 bits per heavy atom. The van der Waals surface area contributed by atoms with Crippen LogP contribution in [0.3, 0.4) is 0 Å². The van der Waals surface area contributed by atoms with Gasteiger partial charge in [0.2, 0.25) is 0 Å². The number of ether oxygens (including phenoxy) is 1. The summed E-state index contributed by atoms with van der Waals surface area (Å²) in [7, 11) is 0. The molecule has 0 spiro atoms. The Bertz CT molecular complexity index is 539. The first kappa shape index (κ1) is 14.9. The van der Waals surface area contributed by atoms with Gasteiger partial charge in [-0.15, -0.1) is 0 Å². The van der Waals surface area contributed by atoms with Crippen molar-refractivity contribution in [3.05, 3.63) is 52.9 Å². The summed E-state index contributed by atoms with van der Waals surface area (Å²) in [5, 5.41) is 3.81. The molecule has 1 unspecified atom stereocenters. The van der Waals surface area contributed by atoms with E-state index in [1.54, 1.807) is 6.07 Å². The van der Waals surface area contributed by atoms with Gasteiger partial charge in [-0.1, -0.05) is 32.0 Å². The fourth-order valence-corrected chi connectivity index (χ4v) is 2.27. The first-order chi connectivity index (χ1) is 9.76. The van der Waals surface area contributed by atoms with E-state index in [9.17, 15) is 0 Å². The Morgan fingerprint density at radius 2 is 2.00 bits per heavy atom. The molecule has 0 fully saturated rings. The second-order valence-corrected chi connectivity index (χ2v) is 4.89. The maximum absolute atomic E-state index is 5.89. The quantitative estimate of drug-likeness (QED) is 0.820. The minimum Gasteiger partial charge on any atom is -0.493 e. The molecule has 0 saturated carbocycles. The molecule has 0 amide bonds. The summed E-state index contributed by atoms with van der Waals surface area (Å²) in [6, 6.07) is 11.6. The predicted molar refractivity (Wildman–Crippen MR) is 81.5 cm³/mol. The second kappa shape index (κ2) is 7.36. The largest absolute Gasteiger partial charge is 0.493 e. The Morgan fingerprint density at radius 3 is 2.65 bits per heavy atom. The number of furan rings is 1. The second-order valence-electron chi connectivity index (χ2n) is 4.52. The highest BCUT2D eigenvalue weighted by atomic mass is 35.5. The van der Waals surface area contributed by atoms with Crippen molar-refractivity contribution in [2.45, 2.75) is 26.3 Å². The Labute approximate surface area is 124 Å². The number of halogens is 1. The van der Waals surface area contributed by atoms with Crippen LogP contribution >= 0.6 is 11.6 Å². The lowest BCUT2D eigenvalue weighted by atomic mass is 10.0. The summed E-state index contributed by atoms with van der Waals surface area (Å²) in [6.45, 7) is 5.68. The van der Waals surface area contributed by atoms with Crippen molar-refractivity contribution in [1.29, 1.82) is 0 Å². The minimum atomic E-state index is -0.0550. The van der Waals surface area contributed by atoms with Crippen molar-refractivity contribution < 1.29 is 9.15 Å². The van der Waals surface area contributed by atoms with E-state index in [1.807, 2.05) is 24.3 Å². The van der Waals surface area contributed by atoms with Gasteiger partial charge in [0.1, 0.15) is 11.5 Å². The third-order valence-corrected chi connectivity index (χ3v) is 3.18. The molecule has 0 saturated heterocycles. The van der Waals surface area contributed by atoms with Crippen LogP contribution in [-0.4, -0.2) is 13.2 Å². The van der Waals surface area contributed by atoms with E-state index in [0.29, 0.717) is 11.8 Å². The van der Waals surface area contributed by atoms with Gasteiger partial charge in [-0.25, -0.2) is 0 Å². The summed E-state index contributed by atoms with van der Waals surface area (Å²) < 4.78 is 11.4. The molecule has 0 aliphatic rings. The van der Waals surface area contributed by atoms with Crippen LogP contribution in [0, 0.1) is 0 Å². The van der Waals surface area contributed by atoms with Crippen molar-refractivity contribution in [3.8, 4) is 5.75 Å². The Kier molecular flexibility index (Phi) is 5.50. The van der Waals surface area contributed by atoms with Gasteiger partial charge in [-0.2, -0.15) is 0 Å². The topological polar surface area (TPSA) is 34.4 Å². The molecule has 1 aromatic heterocycles. The van der Waals surface area contributed by atoms with E-state index in [4.69, 9.17) is 20.8 Å². The van der Waals surface area contributed by atoms with E-state index in [-0.39, 0.29) is 6.04 Å². The first-order valence-corrected chi connectivity index (χ1v) is 7.34. The van der Waals surface area contributed by atoms with Crippen molar-refractivity contribution in [1.82, 2.24) is 5.32 Å². The molecule has 2 rings (SSSR count). The molecule has 0 aliphatic carbocycles. The maximum atomic E-state index is 5.89. The van der Waals surface area contributed by atoms with E-state index < -0.39 is 0 Å². The first-order valence-electron chi connectivity index (χ1n) is 6.96. The van der Waals surface area contributed by atoms with Crippen LogP contribution in [0.1, 0.15) is 37.6 Å². The molecule has 108 valence electrons. The SMILES string of the molecule is CCCOc1ccccc1C(NCC)c1ccc(Cl)o1. The lowest BCUT2D eigenvalue weighted by Crippen LogP contribution is -2.22. The number of rotatable bonds is 7. The van der Waals surface area contributed by atoms with Crippen LogP contribution in [0.4, 0.5) is 0 Å². The third-order valence-electron chi connectivity index (χ3n) is 2.98. The van der Waals surface area contributed by atoms with Crippen LogP contribution in [0.15, 0.2) is 40.8 Å². The highest BCUT2D eigenvalue weighted by Crippen LogP contribution is 2.32. The minimum absolute atomic E-state index is 0.0550. The summed E-state index contributed by atoms with van der Waals surface area (Å²) in [5.41, 5.74) is 1.06. The molecule has 1 N–H and O–H groups in total. The standard InChI is InChI=1S/C16H20ClNO2/c1-3-11-19-13-8-6-5-7-12(13)16(18-4-2)14-9-10-15(17)20-14/h5-10,16,18H,3-4,11H2,1-2H3. The fourth-order valence-electron chi connectivity index (χ4n) is 2.11. The van der Waals surface area contributed by atoms with Gasteiger partial charge in [-0.05, 0) is 42.8 Å². The van der Waals surface area contributed by atoms with Crippen LogP contribution in [0.5, 0.6) is 5.75 Å². The van der Waals surface area contributed by atoms with Crippen molar-refractivity contribution in [2.24, 2.45) is 0 Å². The van der Waals surface area contributed by atoms with Crippen molar-refractivity contribution >= 4 is 11.6 Å². The summed E-state index contributed by atoms with van der Waals surface area (Å²) >= 11 is 5.89. The summed E-state index contributed by atoms with van der Waals surface area (Å²) in [5.74, 6) is 1.68. The van der Waals surface area contributed by atoms with Crippen LogP contribution < -0.4 is 10.1 Å². The Hall–Kier alpha value is -1.45. The molecule has 1 atom stereocenters. The van der Waals surface area contributed by atoms with Crippen LogP contribution in [0.25, 0.3) is 0 Å². The van der Waals surface area contributed by atoms with Crippen molar-refractivity contribution in [3.63, 3.8) is 0 Å². The molecule has 0 bridgehead atoms.